The van der Waals surface area contributed by atoms with Crippen molar-refractivity contribution in [2.75, 3.05) is 0 Å². The number of allylic oxidation sites excluding steroid dienone is 1. The molecular formula is C7H14N2. The molecule has 0 fully saturated rings. The van der Waals surface area contributed by atoms with E-state index in [4.69, 9.17) is 11.1 Å². The Morgan fingerprint density at radius 2 is 2.44 bits per heavy atom. The van der Waals surface area contributed by atoms with Crippen LogP contribution < -0.4 is 5.73 Å². The van der Waals surface area contributed by atoms with Gasteiger partial charge in [0.05, 0.1) is 0 Å². The molecule has 0 bridgehead atoms. The summed E-state index contributed by atoms with van der Waals surface area (Å²) in [6, 6.07) is 0.199. The lowest BCUT2D eigenvalue weighted by Crippen LogP contribution is -2.15. The van der Waals surface area contributed by atoms with Gasteiger partial charge in [-0.2, -0.15) is 0 Å². The van der Waals surface area contributed by atoms with Gasteiger partial charge in [-0.25, -0.2) is 0 Å². The van der Waals surface area contributed by atoms with Crippen LogP contribution in [-0.2, 0) is 0 Å². The van der Waals surface area contributed by atoms with E-state index in [0.29, 0.717) is 5.71 Å². The average molecular weight is 126 g/mol. The highest BCUT2D eigenvalue weighted by Crippen LogP contribution is 1.94. The second-order valence-corrected chi connectivity index (χ2v) is 2.25. The van der Waals surface area contributed by atoms with E-state index in [1.54, 1.807) is 6.08 Å². The van der Waals surface area contributed by atoms with Crippen molar-refractivity contribution < 1.29 is 0 Å². The number of nitrogens with two attached hydrogens (primary N) is 1. The summed E-state index contributed by atoms with van der Waals surface area (Å²) >= 11 is 0. The first-order chi connectivity index (χ1) is 4.16. The highest BCUT2D eigenvalue weighted by molar-refractivity contribution is 5.91. The SMILES string of the molecule is C=CC(=N)CCC(C)N. The van der Waals surface area contributed by atoms with Gasteiger partial charge in [0.2, 0.25) is 0 Å². The van der Waals surface area contributed by atoms with Crippen LogP contribution in [0.3, 0.4) is 0 Å². The molecule has 0 rings (SSSR count). The van der Waals surface area contributed by atoms with E-state index in [1.807, 2.05) is 6.92 Å². The maximum atomic E-state index is 7.16. The van der Waals surface area contributed by atoms with E-state index >= 15 is 0 Å². The van der Waals surface area contributed by atoms with Gasteiger partial charge in [0.25, 0.3) is 0 Å². The molecule has 0 saturated heterocycles. The molecule has 2 nitrogen and oxygen atoms in total. The summed E-state index contributed by atoms with van der Waals surface area (Å²) in [7, 11) is 0. The average Bonchev–Trinajstić information content (AvgIpc) is 1.83. The quantitative estimate of drug-likeness (QED) is 0.548. The van der Waals surface area contributed by atoms with Gasteiger partial charge in [-0.1, -0.05) is 6.58 Å². The number of rotatable bonds is 4. The second kappa shape index (κ2) is 4.27. The van der Waals surface area contributed by atoms with E-state index < -0.39 is 0 Å². The van der Waals surface area contributed by atoms with Crippen molar-refractivity contribution in [1.29, 1.82) is 5.41 Å². The fourth-order valence-electron chi connectivity index (χ4n) is 0.485. The first-order valence-corrected chi connectivity index (χ1v) is 3.12. The van der Waals surface area contributed by atoms with Crippen molar-refractivity contribution in [2.24, 2.45) is 5.73 Å². The Balaban J connectivity index is 3.27. The molecule has 0 aromatic heterocycles. The Kier molecular flexibility index (Phi) is 3.97. The fraction of sp³-hybridized carbons (Fsp3) is 0.571. The van der Waals surface area contributed by atoms with Gasteiger partial charge in [-0.15, -0.1) is 0 Å². The molecule has 2 heteroatoms. The minimum Gasteiger partial charge on any atom is -0.328 e. The van der Waals surface area contributed by atoms with Gasteiger partial charge < -0.3 is 11.1 Å². The van der Waals surface area contributed by atoms with Crippen molar-refractivity contribution >= 4 is 5.71 Å². The lowest BCUT2D eigenvalue weighted by Gasteiger charge is -2.01. The number of nitrogens with one attached hydrogen (secondary N) is 1. The molecule has 0 aromatic carbocycles. The third kappa shape index (κ3) is 5.24. The molecule has 0 aliphatic heterocycles. The molecule has 0 spiro atoms. The summed E-state index contributed by atoms with van der Waals surface area (Å²) < 4.78 is 0. The monoisotopic (exact) mass is 126 g/mol. The third-order valence-electron chi connectivity index (χ3n) is 1.12. The molecule has 0 aromatic rings. The largest absolute Gasteiger partial charge is 0.328 e. The highest BCUT2D eigenvalue weighted by Gasteiger charge is 1.94. The summed E-state index contributed by atoms with van der Waals surface area (Å²) in [6.45, 7) is 5.41. The van der Waals surface area contributed by atoms with Crippen LogP contribution in [0, 0.1) is 5.41 Å². The standard InChI is InChI=1S/C7H14N2/c1-3-7(9)5-4-6(2)8/h3,6,9H,1,4-5,8H2,2H3. The molecular weight excluding hydrogens is 112 g/mol. The van der Waals surface area contributed by atoms with Crippen LogP contribution in [-0.4, -0.2) is 11.8 Å². The molecule has 0 aliphatic rings. The molecule has 0 amide bonds. The Morgan fingerprint density at radius 3 is 2.78 bits per heavy atom. The van der Waals surface area contributed by atoms with Crippen LogP contribution in [0.1, 0.15) is 19.8 Å². The van der Waals surface area contributed by atoms with E-state index in [-0.39, 0.29) is 6.04 Å². The molecule has 0 saturated carbocycles. The fourth-order valence-corrected chi connectivity index (χ4v) is 0.485. The highest BCUT2D eigenvalue weighted by atomic mass is 14.6. The Bertz CT molecular complexity index is 105. The van der Waals surface area contributed by atoms with Crippen molar-refractivity contribution in [2.45, 2.75) is 25.8 Å². The molecule has 0 radical (unpaired) electrons. The van der Waals surface area contributed by atoms with Gasteiger partial charge in [0.15, 0.2) is 0 Å². The van der Waals surface area contributed by atoms with E-state index in [9.17, 15) is 0 Å². The predicted octanol–water partition coefficient (Wildman–Crippen LogP) is 1.32. The maximum absolute atomic E-state index is 7.16. The molecule has 1 unspecified atom stereocenters. The molecule has 1 atom stereocenters. The van der Waals surface area contributed by atoms with Gasteiger partial charge in [0, 0.05) is 11.8 Å². The molecule has 0 heterocycles. The zero-order chi connectivity index (χ0) is 7.28. The van der Waals surface area contributed by atoms with Crippen molar-refractivity contribution in [1.82, 2.24) is 0 Å². The summed E-state index contributed by atoms with van der Waals surface area (Å²) in [5.74, 6) is 0. The number of hydrogen-bond acceptors (Lipinski definition) is 2. The summed E-state index contributed by atoms with van der Waals surface area (Å²) in [6.07, 6.45) is 3.19. The van der Waals surface area contributed by atoms with Gasteiger partial charge in [-0.05, 0) is 25.8 Å². The van der Waals surface area contributed by atoms with Gasteiger partial charge in [0.1, 0.15) is 0 Å². The van der Waals surface area contributed by atoms with Crippen molar-refractivity contribution in [3.63, 3.8) is 0 Å². The van der Waals surface area contributed by atoms with Crippen LogP contribution in [0.2, 0.25) is 0 Å². The van der Waals surface area contributed by atoms with E-state index in [0.717, 1.165) is 12.8 Å². The minimum atomic E-state index is 0.199. The van der Waals surface area contributed by atoms with Crippen molar-refractivity contribution in [3.8, 4) is 0 Å². The van der Waals surface area contributed by atoms with Crippen LogP contribution in [0.15, 0.2) is 12.7 Å². The van der Waals surface area contributed by atoms with Crippen LogP contribution in [0.25, 0.3) is 0 Å². The summed E-state index contributed by atoms with van der Waals surface area (Å²) in [4.78, 5) is 0. The molecule has 52 valence electrons. The molecule has 3 N–H and O–H groups in total. The van der Waals surface area contributed by atoms with E-state index in [1.165, 1.54) is 0 Å². The Morgan fingerprint density at radius 1 is 1.89 bits per heavy atom. The lowest BCUT2D eigenvalue weighted by atomic mass is 10.1. The molecule has 0 aliphatic carbocycles. The lowest BCUT2D eigenvalue weighted by molar-refractivity contribution is 0.687. The molecule has 9 heavy (non-hydrogen) atoms. The first kappa shape index (κ1) is 8.37. The summed E-state index contributed by atoms with van der Waals surface area (Å²) in [5.41, 5.74) is 6.04. The zero-order valence-corrected chi connectivity index (χ0v) is 5.85. The second-order valence-electron chi connectivity index (χ2n) is 2.25. The van der Waals surface area contributed by atoms with Crippen LogP contribution >= 0.6 is 0 Å². The van der Waals surface area contributed by atoms with Crippen molar-refractivity contribution in [3.05, 3.63) is 12.7 Å². The van der Waals surface area contributed by atoms with Gasteiger partial charge >= 0.3 is 0 Å². The zero-order valence-electron chi connectivity index (χ0n) is 5.85. The minimum absolute atomic E-state index is 0.199. The van der Waals surface area contributed by atoms with Crippen LogP contribution in [0.5, 0.6) is 0 Å². The normalized spacial score (nSPS) is 12.7. The Hall–Kier alpha value is -0.630. The number of hydrogen-bond donors (Lipinski definition) is 2. The smallest absolute Gasteiger partial charge is 0.0308 e. The van der Waals surface area contributed by atoms with E-state index in [2.05, 4.69) is 6.58 Å². The topological polar surface area (TPSA) is 49.9 Å². The first-order valence-electron chi connectivity index (χ1n) is 3.12. The summed E-state index contributed by atoms with van der Waals surface area (Å²) in [5, 5.41) is 7.16. The van der Waals surface area contributed by atoms with Crippen LogP contribution in [0.4, 0.5) is 0 Å². The Labute approximate surface area is 56.3 Å². The predicted molar refractivity (Wildman–Crippen MR) is 40.8 cm³/mol. The van der Waals surface area contributed by atoms with Gasteiger partial charge in [-0.3, -0.25) is 0 Å². The third-order valence-corrected chi connectivity index (χ3v) is 1.12. The maximum Gasteiger partial charge on any atom is 0.0308 e.